The monoisotopic (exact) mass is 397 g/mol. The predicted octanol–water partition coefficient (Wildman–Crippen LogP) is 5.02. The molecule has 0 radical (unpaired) electrons. The summed E-state index contributed by atoms with van der Waals surface area (Å²) in [6.45, 7) is 3.67. The van der Waals surface area contributed by atoms with Crippen molar-refractivity contribution in [3.63, 3.8) is 0 Å². The number of unbranched alkanes of at least 4 members (excludes halogenated alkanes) is 1. The minimum Gasteiger partial charge on any atom is -0.495 e. The number of nitrogens with zero attached hydrogens (tertiary/aromatic N) is 3. The Morgan fingerprint density at radius 3 is 2.86 bits per heavy atom. The average molecular weight is 398 g/mol. The number of rotatable bonds is 6. The largest absolute Gasteiger partial charge is 0.495 e. The molecule has 0 spiro atoms. The Morgan fingerprint density at radius 2 is 2.07 bits per heavy atom. The van der Waals surface area contributed by atoms with Crippen LogP contribution in [0.5, 0.6) is 5.75 Å². The molecule has 0 unspecified atom stereocenters. The first-order chi connectivity index (χ1) is 13.6. The van der Waals surface area contributed by atoms with Crippen molar-refractivity contribution in [2.24, 2.45) is 0 Å². The molecule has 28 heavy (non-hydrogen) atoms. The second kappa shape index (κ2) is 7.84. The van der Waals surface area contributed by atoms with Gasteiger partial charge in [-0.1, -0.05) is 37.1 Å². The number of benzene rings is 2. The molecular weight excluding hydrogens is 374 g/mol. The van der Waals surface area contributed by atoms with E-state index in [0.717, 1.165) is 41.9 Å². The molecule has 0 aliphatic carbocycles. The van der Waals surface area contributed by atoms with Crippen molar-refractivity contribution in [2.75, 3.05) is 18.6 Å². The third-order valence-electron chi connectivity index (χ3n) is 5.34. The Hall–Kier alpha value is -2.53. The minimum atomic E-state index is 0.0421. The number of methoxy groups -OCH3 is 1. The maximum atomic E-state index is 12.9. The van der Waals surface area contributed by atoms with E-state index in [1.165, 1.54) is 0 Å². The van der Waals surface area contributed by atoms with E-state index in [-0.39, 0.29) is 11.8 Å². The summed E-state index contributed by atoms with van der Waals surface area (Å²) < 4.78 is 7.74. The number of aryl methyl sites for hydroxylation is 1. The zero-order valence-electron chi connectivity index (χ0n) is 16.2. The highest BCUT2D eigenvalue weighted by Crippen LogP contribution is 2.38. The third-order valence-corrected chi connectivity index (χ3v) is 5.58. The summed E-state index contributed by atoms with van der Waals surface area (Å²) in [4.78, 5) is 19.5. The molecule has 1 saturated heterocycles. The molecule has 2 aromatic carbocycles. The Morgan fingerprint density at radius 1 is 1.25 bits per heavy atom. The lowest BCUT2D eigenvalue weighted by Crippen LogP contribution is -2.25. The Bertz CT molecular complexity index is 1010. The molecule has 1 aromatic heterocycles. The number of carbonyl (C=O) groups is 1. The standard InChI is InChI=1S/C22H24ClN3O2/c1-3-4-11-25-18-8-6-5-7-17(18)24-22(25)15-12-21(27)26(14-15)19-13-16(23)9-10-20(19)28-2/h5-10,13,15H,3-4,11-12,14H2,1-2H3/t15-/m0/s1. The van der Waals surface area contributed by atoms with Gasteiger partial charge in [0, 0.05) is 30.5 Å². The molecular formula is C22H24ClN3O2. The number of para-hydroxylation sites is 2. The van der Waals surface area contributed by atoms with Crippen LogP contribution in [-0.2, 0) is 11.3 Å². The summed E-state index contributed by atoms with van der Waals surface area (Å²) >= 11 is 6.18. The van der Waals surface area contributed by atoms with E-state index < -0.39 is 0 Å². The first-order valence-corrected chi connectivity index (χ1v) is 10.1. The molecule has 146 valence electrons. The van der Waals surface area contributed by atoms with Crippen LogP contribution >= 0.6 is 11.6 Å². The molecule has 3 aromatic rings. The van der Waals surface area contributed by atoms with Gasteiger partial charge in [-0.15, -0.1) is 0 Å². The zero-order chi connectivity index (χ0) is 19.7. The molecule has 0 saturated carbocycles. The van der Waals surface area contributed by atoms with Gasteiger partial charge >= 0.3 is 0 Å². The molecule has 1 aliphatic rings. The summed E-state index contributed by atoms with van der Waals surface area (Å²) in [7, 11) is 1.61. The minimum absolute atomic E-state index is 0.0421. The van der Waals surface area contributed by atoms with Crippen molar-refractivity contribution in [1.82, 2.24) is 9.55 Å². The summed E-state index contributed by atoms with van der Waals surface area (Å²) in [5.41, 5.74) is 2.84. The maximum Gasteiger partial charge on any atom is 0.227 e. The molecule has 5 nitrogen and oxygen atoms in total. The van der Waals surface area contributed by atoms with Gasteiger partial charge in [-0.25, -0.2) is 4.98 Å². The topological polar surface area (TPSA) is 47.4 Å². The molecule has 1 atom stereocenters. The molecule has 6 heteroatoms. The van der Waals surface area contributed by atoms with Crippen LogP contribution < -0.4 is 9.64 Å². The summed E-state index contributed by atoms with van der Waals surface area (Å²) in [5.74, 6) is 1.75. The fourth-order valence-corrected chi connectivity index (χ4v) is 4.11. The van der Waals surface area contributed by atoms with Gasteiger partial charge < -0.3 is 14.2 Å². The highest BCUT2D eigenvalue weighted by molar-refractivity contribution is 6.31. The van der Waals surface area contributed by atoms with Crippen LogP contribution in [0.3, 0.4) is 0 Å². The zero-order valence-corrected chi connectivity index (χ0v) is 16.9. The maximum absolute atomic E-state index is 12.9. The van der Waals surface area contributed by atoms with Gasteiger partial charge in [0.05, 0.1) is 23.8 Å². The summed E-state index contributed by atoms with van der Waals surface area (Å²) in [6, 6.07) is 13.6. The Labute approximate surface area is 169 Å². The van der Waals surface area contributed by atoms with E-state index in [2.05, 4.69) is 17.6 Å². The Kier molecular flexibility index (Phi) is 5.27. The fourth-order valence-electron chi connectivity index (χ4n) is 3.94. The van der Waals surface area contributed by atoms with E-state index in [0.29, 0.717) is 23.7 Å². The van der Waals surface area contributed by atoms with Crippen LogP contribution in [0.15, 0.2) is 42.5 Å². The summed E-state index contributed by atoms with van der Waals surface area (Å²) in [5, 5.41) is 0.585. The first kappa shape index (κ1) is 18.8. The SMILES string of the molecule is CCCCn1c([C@H]2CC(=O)N(c3cc(Cl)ccc3OC)C2)nc2ccccc21. The van der Waals surface area contributed by atoms with Crippen LogP contribution in [0.25, 0.3) is 11.0 Å². The van der Waals surface area contributed by atoms with Crippen molar-refractivity contribution >= 4 is 34.2 Å². The van der Waals surface area contributed by atoms with Gasteiger partial charge in [0.25, 0.3) is 0 Å². The van der Waals surface area contributed by atoms with Crippen LogP contribution in [0.4, 0.5) is 5.69 Å². The van der Waals surface area contributed by atoms with E-state index >= 15 is 0 Å². The van der Waals surface area contributed by atoms with Gasteiger partial charge in [0.15, 0.2) is 0 Å². The van der Waals surface area contributed by atoms with Crippen LogP contribution in [-0.4, -0.2) is 29.1 Å². The quantitative estimate of drug-likeness (QED) is 0.586. The number of aromatic nitrogens is 2. The van der Waals surface area contributed by atoms with Gasteiger partial charge in [-0.05, 0) is 36.8 Å². The molecule has 0 N–H and O–H groups in total. The number of halogens is 1. The van der Waals surface area contributed by atoms with Gasteiger partial charge in [0.2, 0.25) is 5.91 Å². The lowest BCUT2D eigenvalue weighted by Gasteiger charge is -2.20. The highest BCUT2D eigenvalue weighted by atomic mass is 35.5. The number of hydrogen-bond donors (Lipinski definition) is 0. The summed E-state index contributed by atoms with van der Waals surface area (Å²) in [6.07, 6.45) is 2.63. The van der Waals surface area contributed by atoms with Crippen molar-refractivity contribution in [3.8, 4) is 5.75 Å². The van der Waals surface area contributed by atoms with E-state index in [9.17, 15) is 4.79 Å². The van der Waals surface area contributed by atoms with Gasteiger partial charge in [0.1, 0.15) is 11.6 Å². The molecule has 1 fully saturated rings. The van der Waals surface area contributed by atoms with Crippen molar-refractivity contribution in [1.29, 1.82) is 0 Å². The second-order valence-corrected chi connectivity index (χ2v) is 7.62. The van der Waals surface area contributed by atoms with Crippen molar-refractivity contribution < 1.29 is 9.53 Å². The normalized spacial score (nSPS) is 16.9. The number of hydrogen-bond acceptors (Lipinski definition) is 3. The first-order valence-electron chi connectivity index (χ1n) is 9.71. The van der Waals surface area contributed by atoms with E-state index in [4.69, 9.17) is 21.3 Å². The van der Waals surface area contributed by atoms with Crippen molar-refractivity contribution in [2.45, 2.75) is 38.6 Å². The van der Waals surface area contributed by atoms with Crippen LogP contribution in [0, 0.1) is 0 Å². The molecule has 0 bridgehead atoms. The predicted molar refractivity (Wildman–Crippen MR) is 112 cm³/mol. The number of carbonyl (C=O) groups excluding carboxylic acids is 1. The lowest BCUT2D eigenvalue weighted by atomic mass is 10.1. The highest BCUT2D eigenvalue weighted by Gasteiger charge is 2.36. The van der Waals surface area contributed by atoms with Gasteiger partial charge in [-0.3, -0.25) is 4.79 Å². The molecule has 2 heterocycles. The molecule has 4 rings (SSSR count). The number of fused-ring (bicyclic) bond motifs is 1. The smallest absolute Gasteiger partial charge is 0.227 e. The van der Waals surface area contributed by atoms with Crippen LogP contribution in [0.1, 0.15) is 37.9 Å². The molecule has 1 amide bonds. The van der Waals surface area contributed by atoms with E-state index in [1.54, 1.807) is 30.2 Å². The number of imidazole rings is 1. The number of anilines is 1. The Balaban J connectivity index is 1.70. The van der Waals surface area contributed by atoms with Crippen molar-refractivity contribution in [3.05, 3.63) is 53.3 Å². The number of amides is 1. The fraction of sp³-hybridized carbons (Fsp3) is 0.364. The van der Waals surface area contributed by atoms with Crippen LogP contribution in [0.2, 0.25) is 5.02 Å². The second-order valence-electron chi connectivity index (χ2n) is 7.19. The molecule has 1 aliphatic heterocycles. The lowest BCUT2D eigenvalue weighted by molar-refractivity contribution is -0.117. The number of ether oxygens (including phenoxy) is 1. The van der Waals surface area contributed by atoms with Gasteiger partial charge in [-0.2, -0.15) is 0 Å². The van der Waals surface area contributed by atoms with E-state index in [1.807, 2.05) is 18.2 Å². The average Bonchev–Trinajstić information content (AvgIpc) is 3.26. The third kappa shape index (κ3) is 3.35.